The number of rotatable bonds is 4. The number of carbonyl (C=O) groups is 1. The highest BCUT2D eigenvalue weighted by molar-refractivity contribution is 9.12. The fourth-order valence-corrected chi connectivity index (χ4v) is 3.27. The minimum Gasteiger partial charge on any atom is -0.325 e. The lowest BCUT2D eigenvalue weighted by Crippen LogP contribution is -2.26. The van der Waals surface area contributed by atoms with Crippen molar-refractivity contribution >= 4 is 66.7 Å². The van der Waals surface area contributed by atoms with Gasteiger partial charge in [-0.15, -0.1) is 0 Å². The first kappa shape index (κ1) is 17.8. The van der Waals surface area contributed by atoms with Gasteiger partial charge in [0.1, 0.15) is 4.83 Å². The molecule has 2 atom stereocenters. The maximum atomic E-state index is 12.4. The summed E-state index contributed by atoms with van der Waals surface area (Å²) >= 11 is 19.0. The Kier molecular flexibility index (Phi) is 6.33. The highest BCUT2D eigenvalue weighted by Gasteiger charge is 2.25. The van der Waals surface area contributed by atoms with Crippen molar-refractivity contribution in [1.29, 1.82) is 0 Å². The van der Waals surface area contributed by atoms with Crippen LogP contribution in [0.5, 0.6) is 0 Å². The van der Waals surface area contributed by atoms with E-state index in [0.29, 0.717) is 15.7 Å². The number of alkyl halides is 2. The Morgan fingerprint density at radius 1 is 1.09 bits per heavy atom. The Morgan fingerprint density at radius 3 is 2.32 bits per heavy atom. The number of benzene rings is 2. The predicted molar refractivity (Wildman–Crippen MR) is 101 cm³/mol. The van der Waals surface area contributed by atoms with E-state index in [-0.39, 0.29) is 10.7 Å². The van der Waals surface area contributed by atoms with E-state index in [2.05, 4.69) is 37.2 Å². The Bertz CT molecular complexity index is 679. The molecule has 0 saturated heterocycles. The fourth-order valence-electron chi connectivity index (χ4n) is 1.92. The molecule has 1 N–H and O–H groups in total. The van der Waals surface area contributed by atoms with Crippen molar-refractivity contribution < 1.29 is 4.79 Å². The van der Waals surface area contributed by atoms with E-state index in [1.807, 2.05) is 37.3 Å². The molecule has 22 heavy (non-hydrogen) atoms. The molecule has 2 aromatic carbocycles. The van der Waals surface area contributed by atoms with Gasteiger partial charge in [0, 0.05) is 5.69 Å². The summed E-state index contributed by atoms with van der Waals surface area (Å²) in [7, 11) is 0. The molecule has 2 nitrogen and oxygen atoms in total. The SMILES string of the molecule is Cc1cc(Cl)c(Cl)cc1NC(=O)[C@@H](Br)[C@H](Br)c1ccccc1. The van der Waals surface area contributed by atoms with Crippen molar-refractivity contribution in [3.8, 4) is 0 Å². The highest BCUT2D eigenvalue weighted by Crippen LogP contribution is 2.33. The summed E-state index contributed by atoms with van der Waals surface area (Å²) in [4.78, 5) is 11.8. The van der Waals surface area contributed by atoms with Crippen LogP contribution in [-0.4, -0.2) is 10.7 Å². The summed E-state index contributed by atoms with van der Waals surface area (Å²) in [6.45, 7) is 1.86. The van der Waals surface area contributed by atoms with Gasteiger partial charge in [-0.2, -0.15) is 0 Å². The van der Waals surface area contributed by atoms with Crippen molar-refractivity contribution in [2.24, 2.45) is 0 Å². The molecule has 0 spiro atoms. The lowest BCUT2D eigenvalue weighted by Gasteiger charge is -2.18. The van der Waals surface area contributed by atoms with E-state index >= 15 is 0 Å². The predicted octanol–water partition coefficient (Wildman–Crippen LogP) is 6.14. The topological polar surface area (TPSA) is 29.1 Å². The molecule has 2 aromatic rings. The van der Waals surface area contributed by atoms with E-state index in [1.54, 1.807) is 12.1 Å². The van der Waals surface area contributed by atoms with E-state index in [9.17, 15) is 4.79 Å². The quantitative estimate of drug-likeness (QED) is 0.540. The number of nitrogens with one attached hydrogen (secondary N) is 1. The molecule has 0 saturated carbocycles. The number of anilines is 1. The molecule has 0 aromatic heterocycles. The van der Waals surface area contributed by atoms with E-state index in [1.165, 1.54) is 0 Å². The van der Waals surface area contributed by atoms with Crippen molar-refractivity contribution in [3.05, 3.63) is 63.6 Å². The van der Waals surface area contributed by atoms with Crippen molar-refractivity contribution in [2.45, 2.75) is 16.6 Å². The van der Waals surface area contributed by atoms with Gasteiger partial charge in [-0.3, -0.25) is 4.79 Å². The number of amides is 1. The molecule has 0 unspecified atom stereocenters. The zero-order chi connectivity index (χ0) is 16.3. The van der Waals surface area contributed by atoms with Crippen LogP contribution < -0.4 is 5.32 Å². The van der Waals surface area contributed by atoms with Gasteiger partial charge in [0.2, 0.25) is 5.91 Å². The Labute approximate surface area is 156 Å². The van der Waals surface area contributed by atoms with E-state index in [0.717, 1.165) is 11.1 Å². The Hall–Kier alpha value is -0.550. The first-order valence-electron chi connectivity index (χ1n) is 6.49. The Morgan fingerprint density at radius 2 is 1.68 bits per heavy atom. The van der Waals surface area contributed by atoms with Crippen LogP contribution >= 0.6 is 55.1 Å². The van der Waals surface area contributed by atoms with Crippen LogP contribution in [0.2, 0.25) is 10.0 Å². The third kappa shape index (κ3) is 4.25. The molecule has 0 radical (unpaired) electrons. The van der Waals surface area contributed by atoms with Crippen molar-refractivity contribution in [2.75, 3.05) is 5.32 Å². The van der Waals surface area contributed by atoms with Gasteiger partial charge in [-0.25, -0.2) is 0 Å². The summed E-state index contributed by atoms with van der Waals surface area (Å²) in [6, 6.07) is 13.1. The number of hydrogen-bond acceptors (Lipinski definition) is 1. The normalized spacial score (nSPS) is 13.5. The van der Waals surface area contributed by atoms with Gasteiger partial charge in [-0.05, 0) is 30.2 Å². The summed E-state index contributed by atoms with van der Waals surface area (Å²) in [5.74, 6) is -0.160. The molecule has 0 aliphatic heterocycles. The summed E-state index contributed by atoms with van der Waals surface area (Å²) in [5, 5.41) is 3.75. The Balaban J connectivity index is 2.13. The largest absolute Gasteiger partial charge is 0.325 e. The summed E-state index contributed by atoms with van der Waals surface area (Å²) in [5.41, 5.74) is 2.52. The lowest BCUT2D eigenvalue weighted by atomic mass is 10.1. The lowest BCUT2D eigenvalue weighted by molar-refractivity contribution is -0.115. The van der Waals surface area contributed by atoms with Crippen LogP contribution in [-0.2, 0) is 4.79 Å². The number of halogens is 4. The average molecular weight is 466 g/mol. The third-order valence-corrected chi connectivity index (χ3v) is 6.58. The molecule has 0 aliphatic rings. The molecule has 0 heterocycles. The van der Waals surface area contributed by atoms with Crippen molar-refractivity contribution in [3.63, 3.8) is 0 Å². The average Bonchev–Trinajstić information content (AvgIpc) is 2.52. The summed E-state index contributed by atoms with van der Waals surface area (Å²) in [6.07, 6.45) is 0. The molecular weight excluding hydrogens is 453 g/mol. The second kappa shape index (κ2) is 7.82. The first-order valence-corrected chi connectivity index (χ1v) is 9.08. The smallest absolute Gasteiger partial charge is 0.239 e. The van der Waals surface area contributed by atoms with Gasteiger partial charge in [0.15, 0.2) is 0 Å². The van der Waals surface area contributed by atoms with Crippen LogP contribution in [0.4, 0.5) is 5.69 Å². The number of hydrogen-bond donors (Lipinski definition) is 1. The fraction of sp³-hybridized carbons (Fsp3) is 0.188. The van der Waals surface area contributed by atoms with Crippen LogP contribution in [0.15, 0.2) is 42.5 Å². The van der Waals surface area contributed by atoms with E-state index < -0.39 is 4.83 Å². The van der Waals surface area contributed by atoms with Crippen LogP contribution in [0.3, 0.4) is 0 Å². The van der Waals surface area contributed by atoms with Crippen LogP contribution in [0.1, 0.15) is 16.0 Å². The minimum absolute atomic E-state index is 0.142. The second-order valence-corrected chi connectivity index (χ2v) is 7.57. The molecular formula is C16H13Br2Cl2NO. The number of aryl methyl sites for hydroxylation is 1. The molecule has 6 heteroatoms. The monoisotopic (exact) mass is 463 g/mol. The number of carbonyl (C=O) groups excluding carboxylic acids is 1. The minimum atomic E-state index is -0.427. The van der Waals surface area contributed by atoms with Gasteiger partial charge >= 0.3 is 0 Å². The molecule has 116 valence electrons. The second-order valence-electron chi connectivity index (χ2n) is 4.78. The van der Waals surface area contributed by atoms with Gasteiger partial charge in [-0.1, -0.05) is 85.4 Å². The molecule has 1 amide bonds. The highest BCUT2D eigenvalue weighted by atomic mass is 79.9. The van der Waals surface area contributed by atoms with Gasteiger partial charge in [0.25, 0.3) is 0 Å². The summed E-state index contributed by atoms with van der Waals surface area (Å²) < 4.78 is 0. The van der Waals surface area contributed by atoms with Crippen molar-refractivity contribution in [1.82, 2.24) is 0 Å². The maximum Gasteiger partial charge on any atom is 0.239 e. The third-order valence-electron chi connectivity index (χ3n) is 3.15. The molecule has 0 aliphatic carbocycles. The molecule has 0 bridgehead atoms. The van der Waals surface area contributed by atoms with Gasteiger partial charge in [0.05, 0.1) is 14.9 Å². The molecule has 0 fully saturated rings. The maximum absolute atomic E-state index is 12.4. The van der Waals surface area contributed by atoms with E-state index in [4.69, 9.17) is 23.2 Å². The zero-order valence-electron chi connectivity index (χ0n) is 11.6. The molecule has 2 rings (SSSR count). The zero-order valence-corrected chi connectivity index (χ0v) is 16.3. The van der Waals surface area contributed by atoms with Crippen LogP contribution in [0, 0.1) is 6.92 Å². The van der Waals surface area contributed by atoms with Crippen LogP contribution in [0.25, 0.3) is 0 Å². The standard InChI is InChI=1S/C16H13Br2Cl2NO/c1-9-7-11(19)12(20)8-13(9)21-16(22)15(18)14(17)10-5-3-2-4-6-10/h2-8,14-15H,1H3,(H,21,22)/t14-,15+/m1/s1. The first-order chi connectivity index (χ1) is 10.4. The van der Waals surface area contributed by atoms with Gasteiger partial charge < -0.3 is 5.32 Å².